The minimum absolute atomic E-state index is 0.260. The maximum absolute atomic E-state index is 13.2. The van der Waals surface area contributed by atoms with Crippen molar-refractivity contribution >= 4 is 27.9 Å². The van der Waals surface area contributed by atoms with Crippen LogP contribution >= 0.6 is 0 Å². The van der Waals surface area contributed by atoms with Crippen molar-refractivity contribution in [2.45, 2.75) is 19.8 Å². The Morgan fingerprint density at radius 2 is 2.08 bits per heavy atom. The third-order valence-electron chi connectivity index (χ3n) is 3.96. The third kappa shape index (κ3) is 3.26. The van der Waals surface area contributed by atoms with Crippen molar-refractivity contribution in [3.05, 3.63) is 54.0 Å². The SMILES string of the molecule is Cc1nc(NCCCc2nc3ccc(F)cc3[nH]2)c2cccnc2n1. The largest absolute Gasteiger partial charge is 0.369 e. The molecule has 7 heteroatoms. The highest BCUT2D eigenvalue weighted by atomic mass is 19.1. The normalized spacial score (nSPS) is 11.3. The van der Waals surface area contributed by atoms with Crippen LogP contribution in [0.25, 0.3) is 22.1 Å². The van der Waals surface area contributed by atoms with Crippen LogP contribution in [0.3, 0.4) is 0 Å². The van der Waals surface area contributed by atoms with Gasteiger partial charge in [0.25, 0.3) is 0 Å². The van der Waals surface area contributed by atoms with Crippen molar-refractivity contribution in [2.24, 2.45) is 0 Å². The van der Waals surface area contributed by atoms with Gasteiger partial charge in [-0.2, -0.15) is 0 Å². The number of benzene rings is 1. The summed E-state index contributed by atoms with van der Waals surface area (Å²) in [5.74, 6) is 2.08. The number of fused-ring (bicyclic) bond motifs is 2. The number of pyridine rings is 1. The summed E-state index contributed by atoms with van der Waals surface area (Å²) < 4.78 is 13.2. The van der Waals surface area contributed by atoms with Gasteiger partial charge in [0.05, 0.1) is 16.4 Å². The molecule has 3 heterocycles. The summed E-state index contributed by atoms with van der Waals surface area (Å²) >= 11 is 0. The van der Waals surface area contributed by atoms with Crippen molar-refractivity contribution in [1.29, 1.82) is 0 Å². The lowest BCUT2D eigenvalue weighted by Crippen LogP contribution is -2.07. The summed E-state index contributed by atoms with van der Waals surface area (Å²) in [6.07, 6.45) is 3.36. The molecule has 0 aliphatic carbocycles. The molecule has 1 aromatic carbocycles. The van der Waals surface area contributed by atoms with Crippen LogP contribution in [0.1, 0.15) is 18.1 Å². The van der Waals surface area contributed by atoms with E-state index in [1.54, 1.807) is 12.3 Å². The first-order chi connectivity index (χ1) is 12.2. The van der Waals surface area contributed by atoms with Crippen LogP contribution in [-0.2, 0) is 6.42 Å². The van der Waals surface area contributed by atoms with Crippen LogP contribution in [0.15, 0.2) is 36.5 Å². The molecule has 4 aromatic rings. The highest BCUT2D eigenvalue weighted by Crippen LogP contribution is 2.18. The molecule has 6 nitrogen and oxygen atoms in total. The van der Waals surface area contributed by atoms with Gasteiger partial charge in [-0.3, -0.25) is 0 Å². The summed E-state index contributed by atoms with van der Waals surface area (Å²) in [6.45, 7) is 2.60. The summed E-state index contributed by atoms with van der Waals surface area (Å²) in [4.78, 5) is 20.7. The first-order valence-corrected chi connectivity index (χ1v) is 8.16. The van der Waals surface area contributed by atoms with Gasteiger partial charge in [-0.05, 0) is 43.7 Å². The number of nitrogens with one attached hydrogen (secondary N) is 2. The predicted octanol–water partition coefficient (Wildman–Crippen LogP) is 3.39. The van der Waals surface area contributed by atoms with E-state index in [9.17, 15) is 4.39 Å². The van der Waals surface area contributed by atoms with Crippen LogP contribution < -0.4 is 5.32 Å². The quantitative estimate of drug-likeness (QED) is 0.546. The van der Waals surface area contributed by atoms with Crippen LogP contribution in [0.4, 0.5) is 10.2 Å². The topological polar surface area (TPSA) is 79.4 Å². The molecule has 0 saturated carbocycles. The minimum Gasteiger partial charge on any atom is -0.369 e. The number of hydrogen-bond donors (Lipinski definition) is 2. The standard InChI is InChI=1S/C18H17FN6/c1-11-22-17-13(4-2-8-20-17)18(23-11)21-9-3-5-16-24-14-7-6-12(19)10-15(14)25-16/h2,4,6-8,10H,3,5,9H2,1H3,(H,24,25)(H,20,21,22,23). The van der Waals surface area contributed by atoms with Gasteiger partial charge in [0, 0.05) is 19.2 Å². The molecule has 0 bridgehead atoms. The van der Waals surface area contributed by atoms with Gasteiger partial charge in [-0.25, -0.2) is 24.3 Å². The number of aryl methyl sites for hydroxylation is 2. The molecule has 0 radical (unpaired) electrons. The molecule has 25 heavy (non-hydrogen) atoms. The van der Waals surface area contributed by atoms with Crippen molar-refractivity contribution in [3.8, 4) is 0 Å². The number of imidazole rings is 1. The molecule has 0 spiro atoms. The second-order valence-electron chi connectivity index (χ2n) is 5.87. The number of aromatic amines is 1. The van der Waals surface area contributed by atoms with E-state index in [0.717, 1.165) is 47.4 Å². The van der Waals surface area contributed by atoms with E-state index in [1.807, 2.05) is 19.1 Å². The Morgan fingerprint density at radius 1 is 1.16 bits per heavy atom. The van der Waals surface area contributed by atoms with Crippen LogP contribution in [0, 0.1) is 12.7 Å². The van der Waals surface area contributed by atoms with Gasteiger partial charge in [0.1, 0.15) is 23.3 Å². The van der Waals surface area contributed by atoms with Crippen molar-refractivity contribution in [1.82, 2.24) is 24.9 Å². The first-order valence-electron chi connectivity index (χ1n) is 8.16. The van der Waals surface area contributed by atoms with E-state index in [0.29, 0.717) is 11.5 Å². The molecule has 0 fully saturated rings. The van der Waals surface area contributed by atoms with Crippen molar-refractivity contribution in [2.75, 3.05) is 11.9 Å². The zero-order valence-corrected chi connectivity index (χ0v) is 13.8. The maximum atomic E-state index is 13.2. The minimum atomic E-state index is -0.260. The number of aromatic nitrogens is 5. The van der Waals surface area contributed by atoms with Gasteiger partial charge in [0.15, 0.2) is 5.65 Å². The average Bonchev–Trinajstić information content (AvgIpc) is 3.00. The Kier molecular flexibility index (Phi) is 3.97. The van der Waals surface area contributed by atoms with Gasteiger partial charge >= 0.3 is 0 Å². The third-order valence-corrected chi connectivity index (χ3v) is 3.96. The number of anilines is 1. The smallest absolute Gasteiger partial charge is 0.164 e. The molecule has 0 atom stereocenters. The molecular formula is C18H17FN6. The fourth-order valence-electron chi connectivity index (χ4n) is 2.82. The van der Waals surface area contributed by atoms with Crippen LogP contribution in [0.5, 0.6) is 0 Å². The lowest BCUT2D eigenvalue weighted by molar-refractivity contribution is 0.629. The molecule has 0 saturated heterocycles. The fourth-order valence-corrected chi connectivity index (χ4v) is 2.82. The molecule has 3 aromatic heterocycles. The van der Waals surface area contributed by atoms with Crippen molar-refractivity contribution < 1.29 is 4.39 Å². The molecule has 0 aliphatic heterocycles. The molecular weight excluding hydrogens is 319 g/mol. The Hall–Kier alpha value is -3.09. The van der Waals surface area contributed by atoms with Gasteiger partial charge in [0.2, 0.25) is 0 Å². The summed E-state index contributed by atoms with van der Waals surface area (Å²) in [6, 6.07) is 8.40. The molecule has 4 rings (SSSR count). The van der Waals surface area contributed by atoms with Crippen LogP contribution in [0.2, 0.25) is 0 Å². The lowest BCUT2D eigenvalue weighted by atomic mass is 10.2. The number of halogens is 1. The molecule has 0 aliphatic rings. The Labute approximate surface area is 143 Å². The van der Waals surface area contributed by atoms with Crippen molar-refractivity contribution in [3.63, 3.8) is 0 Å². The van der Waals surface area contributed by atoms with Gasteiger partial charge in [-0.1, -0.05) is 0 Å². The van der Waals surface area contributed by atoms with E-state index >= 15 is 0 Å². The van der Waals surface area contributed by atoms with Gasteiger partial charge < -0.3 is 10.3 Å². The van der Waals surface area contributed by atoms with E-state index < -0.39 is 0 Å². The second kappa shape index (κ2) is 6.43. The van der Waals surface area contributed by atoms with E-state index in [-0.39, 0.29) is 5.82 Å². The Morgan fingerprint density at radius 3 is 3.00 bits per heavy atom. The summed E-state index contributed by atoms with van der Waals surface area (Å²) in [5, 5.41) is 4.26. The molecule has 0 amide bonds. The predicted molar refractivity (Wildman–Crippen MR) is 94.9 cm³/mol. The molecule has 0 unspecified atom stereocenters. The number of rotatable bonds is 5. The number of hydrogen-bond acceptors (Lipinski definition) is 5. The zero-order valence-electron chi connectivity index (χ0n) is 13.8. The van der Waals surface area contributed by atoms with E-state index in [1.165, 1.54) is 12.1 Å². The van der Waals surface area contributed by atoms with Gasteiger partial charge in [-0.15, -0.1) is 0 Å². The highest BCUT2D eigenvalue weighted by molar-refractivity contribution is 5.86. The summed E-state index contributed by atoms with van der Waals surface area (Å²) in [7, 11) is 0. The number of H-pyrrole nitrogens is 1. The average molecular weight is 336 g/mol. The molecule has 2 N–H and O–H groups in total. The fraction of sp³-hybridized carbons (Fsp3) is 0.222. The molecule has 126 valence electrons. The zero-order chi connectivity index (χ0) is 17.2. The second-order valence-corrected chi connectivity index (χ2v) is 5.87. The van der Waals surface area contributed by atoms with E-state index in [4.69, 9.17) is 0 Å². The maximum Gasteiger partial charge on any atom is 0.164 e. The summed E-state index contributed by atoms with van der Waals surface area (Å²) in [5.41, 5.74) is 2.20. The Balaban J connectivity index is 1.42. The Bertz CT molecular complexity index is 1040. The monoisotopic (exact) mass is 336 g/mol. The number of nitrogens with zero attached hydrogens (tertiary/aromatic N) is 4. The first kappa shape index (κ1) is 15.4. The highest BCUT2D eigenvalue weighted by Gasteiger charge is 2.07. The van der Waals surface area contributed by atoms with E-state index in [2.05, 4.69) is 30.2 Å². The lowest BCUT2D eigenvalue weighted by Gasteiger charge is -2.08. The van der Waals surface area contributed by atoms with Crippen LogP contribution in [-0.4, -0.2) is 31.5 Å².